The third-order valence-electron chi connectivity index (χ3n) is 5.90. The monoisotopic (exact) mass is 583 g/mol. The van der Waals surface area contributed by atoms with Gasteiger partial charge in [-0.2, -0.15) is 9.37 Å². The number of methoxy groups -OCH3 is 1. The SMILES string of the molecule is COc1cc(OC(N)=O)cnc1-c1cc2ncnc(OC(F)C(F)F)c2n1-c1ccc(OCc2ccccc2)c(F)c1. The fourth-order valence-corrected chi connectivity index (χ4v) is 4.12. The van der Waals surface area contributed by atoms with E-state index in [9.17, 15) is 18.0 Å². The maximum atomic E-state index is 15.4. The van der Waals surface area contributed by atoms with Gasteiger partial charge in [-0.15, -0.1) is 0 Å². The van der Waals surface area contributed by atoms with Crippen molar-refractivity contribution >= 4 is 17.1 Å². The van der Waals surface area contributed by atoms with E-state index in [1.54, 1.807) is 0 Å². The molecule has 0 fully saturated rings. The Morgan fingerprint density at radius 3 is 2.48 bits per heavy atom. The minimum Gasteiger partial charge on any atom is -0.494 e. The van der Waals surface area contributed by atoms with Gasteiger partial charge in [0.25, 0.3) is 6.36 Å². The van der Waals surface area contributed by atoms with Crippen LogP contribution in [-0.4, -0.2) is 45.5 Å². The lowest BCUT2D eigenvalue weighted by molar-refractivity contribution is -0.0683. The van der Waals surface area contributed by atoms with Crippen LogP contribution in [-0.2, 0) is 6.61 Å². The van der Waals surface area contributed by atoms with Crippen molar-refractivity contribution in [2.24, 2.45) is 5.73 Å². The molecule has 216 valence electrons. The van der Waals surface area contributed by atoms with Gasteiger partial charge in [-0.25, -0.2) is 27.9 Å². The normalized spacial score (nSPS) is 11.9. The number of amides is 1. The molecule has 0 aliphatic rings. The van der Waals surface area contributed by atoms with Gasteiger partial charge in [0.1, 0.15) is 29.9 Å². The Hall–Kier alpha value is -5.40. The summed E-state index contributed by atoms with van der Waals surface area (Å²) >= 11 is 0. The van der Waals surface area contributed by atoms with Crippen LogP contribution in [0.25, 0.3) is 28.1 Å². The molecule has 0 radical (unpaired) electrons. The number of halogens is 4. The van der Waals surface area contributed by atoms with E-state index in [1.807, 2.05) is 30.3 Å². The van der Waals surface area contributed by atoms with E-state index in [4.69, 9.17) is 24.7 Å². The molecule has 3 heterocycles. The summed E-state index contributed by atoms with van der Waals surface area (Å²) in [6.45, 7) is 0.104. The molecule has 1 atom stereocenters. The van der Waals surface area contributed by atoms with Crippen molar-refractivity contribution in [3.05, 3.63) is 84.6 Å². The molecule has 14 heteroatoms. The highest BCUT2D eigenvalue weighted by atomic mass is 19.3. The molecule has 0 saturated heterocycles. The number of rotatable bonds is 10. The van der Waals surface area contributed by atoms with Crippen LogP contribution in [0.15, 0.2) is 73.2 Å². The van der Waals surface area contributed by atoms with Crippen molar-refractivity contribution < 1.29 is 41.3 Å². The van der Waals surface area contributed by atoms with Crippen LogP contribution < -0.4 is 24.7 Å². The zero-order chi connectivity index (χ0) is 29.8. The quantitative estimate of drug-likeness (QED) is 0.211. The van der Waals surface area contributed by atoms with Crippen molar-refractivity contribution in [3.63, 3.8) is 0 Å². The molecule has 1 unspecified atom stereocenters. The lowest BCUT2D eigenvalue weighted by Crippen LogP contribution is -2.20. The molecule has 0 bridgehead atoms. The molecule has 0 saturated carbocycles. The number of fused-ring (bicyclic) bond motifs is 1. The van der Waals surface area contributed by atoms with Crippen molar-refractivity contribution in [3.8, 4) is 40.2 Å². The third-order valence-corrected chi connectivity index (χ3v) is 5.90. The Morgan fingerprint density at radius 1 is 1.00 bits per heavy atom. The first kappa shape index (κ1) is 28.1. The smallest absolute Gasteiger partial charge is 0.410 e. The van der Waals surface area contributed by atoms with Gasteiger partial charge in [-0.05, 0) is 23.8 Å². The number of hydrogen-bond donors (Lipinski definition) is 1. The van der Waals surface area contributed by atoms with Gasteiger partial charge in [0, 0.05) is 17.8 Å². The molecule has 0 aliphatic carbocycles. The first-order chi connectivity index (χ1) is 20.2. The van der Waals surface area contributed by atoms with Gasteiger partial charge in [-0.1, -0.05) is 30.3 Å². The summed E-state index contributed by atoms with van der Waals surface area (Å²) in [4.78, 5) is 23.5. The average Bonchev–Trinajstić information content (AvgIpc) is 3.37. The highest BCUT2D eigenvalue weighted by molar-refractivity contribution is 5.90. The van der Waals surface area contributed by atoms with Crippen LogP contribution in [0.3, 0.4) is 0 Å². The highest BCUT2D eigenvalue weighted by Crippen LogP contribution is 2.39. The van der Waals surface area contributed by atoms with Crippen LogP contribution in [0.5, 0.6) is 23.1 Å². The molecule has 2 N–H and O–H groups in total. The number of aromatic nitrogens is 4. The van der Waals surface area contributed by atoms with E-state index >= 15 is 4.39 Å². The number of nitrogens with two attached hydrogens (primary N) is 1. The van der Waals surface area contributed by atoms with Crippen LogP contribution in [0, 0.1) is 5.82 Å². The fraction of sp³-hybridized carbons (Fsp3) is 0.143. The van der Waals surface area contributed by atoms with E-state index in [-0.39, 0.29) is 52.0 Å². The van der Waals surface area contributed by atoms with Gasteiger partial charge in [0.05, 0.1) is 24.5 Å². The first-order valence-electron chi connectivity index (χ1n) is 12.2. The van der Waals surface area contributed by atoms with Gasteiger partial charge in [0.2, 0.25) is 5.88 Å². The number of primary amides is 1. The molecule has 1 amide bonds. The zero-order valence-corrected chi connectivity index (χ0v) is 21.7. The third kappa shape index (κ3) is 5.87. The molecule has 3 aromatic heterocycles. The Labute approximate surface area is 235 Å². The van der Waals surface area contributed by atoms with Crippen LogP contribution in [0.1, 0.15) is 5.56 Å². The Morgan fingerprint density at radius 2 is 1.79 bits per heavy atom. The Kier molecular flexibility index (Phi) is 8.04. The number of benzene rings is 2. The van der Waals surface area contributed by atoms with Crippen molar-refractivity contribution in [1.82, 2.24) is 19.5 Å². The van der Waals surface area contributed by atoms with Gasteiger partial charge in [0.15, 0.2) is 17.3 Å². The molecule has 5 aromatic rings. The number of hydrogen-bond acceptors (Lipinski definition) is 8. The summed E-state index contributed by atoms with van der Waals surface area (Å²) in [6.07, 6.45) is -5.36. The van der Waals surface area contributed by atoms with E-state index in [0.717, 1.165) is 18.0 Å². The van der Waals surface area contributed by atoms with Crippen LogP contribution in [0.2, 0.25) is 0 Å². The number of carbonyl (C=O) groups is 1. The molecule has 0 aliphatic heterocycles. The second-order valence-corrected chi connectivity index (χ2v) is 8.61. The molecule has 5 rings (SSSR count). The minimum atomic E-state index is -3.46. The summed E-state index contributed by atoms with van der Waals surface area (Å²) < 4.78 is 77.5. The maximum absolute atomic E-state index is 15.4. The van der Waals surface area contributed by atoms with Crippen molar-refractivity contribution in [2.75, 3.05) is 7.11 Å². The second-order valence-electron chi connectivity index (χ2n) is 8.61. The topological polar surface area (TPSA) is 124 Å². The number of ether oxygens (including phenoxy) is 4. The predicted octanol–water partition coefficient (Wildman–Crippen LogP) is 5.61. The maximum Gasteiger partial charge on any atom is 0.410 e. The van der Waals surface area contributed by atoms with E-state index in [1.165, 1.54) is 42.1 Å². The molecule has 0 spiro atoms. The predicted molar refractivity (Wildman–Crippen MR) is 141 cm³/mol. The van der Waals surface area contributed by atoms with Crippen molar-refractivity contribution in [1.29, 1.82) is 0 Å². The van der Waals surface area contributed by atoms with E-state index in [2.05, 4.69) is 15.0 Å². The van der Waals surface area contributed by atoms with Crippen molar-refractivity contribution in [2.45, 2.75) is 19.4 Å². The number of carbonyl (C=O) groups excluding carboxylic acids is 1. The molecule has 2 aromatic carbocycles. The summed E-state index contributed by atoms with van der Waals surface area (Å²) in [5.41, 5.74) is 6.44. The fourth-order valence-electron chi connectivity index (χ4n) is 4.12. The molecular formula is C28H21F4N5O5. The highest BCUT2D eigenvalue weighted by Gasteiger charge is 2.27. The zero-order valence-electron chi connectivity index (χ0n) is 21.7. The number of pyridine rings is 1. The van der Waals surface area contributed by atoms with Gasteiger partial charge < -0.3 is 29.2 Å². The van der Waals surface area contributed by atoms with Gasteiger partial charge >= 0.3 is 12.5 Å². The largest absolute Gasteiger partial charge is 0.494 e. The summed E-state index contributed by atoms with van der Waals surface area (Å²) in [7, 11) is 1.32. The first-order valence-corrected chi connectivity index (χ1v) is 12.2. The summed E-state index contributed by atoms with van der Waals surface area (Å²) in [5, 5.41) is 0. The van der Waals surface area contributed by atoms with Crippen LogP contribution in [0.4, 0.5) is 22.4 Å². The summed E-state index contributed by atoms with van der Waals surface area (Å²) in [6, 6.07) is 15.9. The average molecular weight is 583 g/mol. The van der Waals surface area contributed by atoms with E-state index < -0.39 is 30.6 Å². The Balaban J connectivity index is 1.65. The lowest BCUT2D eigenvalue weighted by atomic mass is 10.2. The number of nitrogens with zero attached hydrogens (tertiary/aromatic N) is 4. The standard InChI is InChI=1S/C28H21F4N5O5/c1-39-22-10-17(41-28(33)38)12-34-23(22)20-11-19-24(27(36-14-35-19)42-26(32)25(30)31)37(20)16-7-8-21(18(29)9-16)40-13-15-5-3-2-4-6-15/h2-12,14,25-26H,13H2,1H3,(H2,33,38). The van der Waals surface area contributed by atoms with Crippen LogP contribution >= 0.6 is 0 Å². The minimum absolute atomic E-state index is 0.0299. The molecule has 10 nitrogen and oxygen atoms in total. The molecular weight excluding hydrogens is 562 g/mol. The Bertz CT molecular complexity index is 1740. The second kappa shape index (κ2) is 12.0. The lowest BCUT2D eigenvalue weighted by Gasteiger charge is -2.16. The van der Waals surface area contributed by atoms with Gasteiger partial charge in [-0.3, -0.25) is 0 Å². The number of alkyl halides is 3. The summed E-state index contributed by atoms with van der Waals surface area (Å²) in [5.74, 6) is -1.28. The molecule has 42 heavy (non-hydrogen) atoms. The van der Waals surface area contributed by atoms with E-state index in [0.29, 0.717) is 0 Å².